The van der Waals surface area contributed by atoms with Gasteiger partial charge in [-0.25, -0.2) is 0 Å². The van der Waals surface area contributed by atoms with E-state index in [0.29, 0.717) is 18.0 Å². The molecule has 2 aromatic carbocycles. The number of hydrogen-bond acceptors (Lipinski definition) is 4. The Morgan fingerprint density at radius 3 is 2.65 bits per heavy atom. The molecule has 0 amide bonds. The summed E-state index contributed by atoms with van der Waals surface area (Å²) in [4.78, 5) is 1.61. The van der Waals surface area contributed by atoms with Crippen LogP contribution in [-0.4, -0.2) is 21.6 Å². The van der Waals surface area contributed by atoms with Crippen molar-refractivity contribution in [3.63, 3.8) is 0 Å². The number of nitrogen functional groups attached to an aromatic ring is 1. The van der Waals surface area contributed by atoms with Crippen LogP contribution < -0.4 is 10.5 Å². The summed E-state index contributed by atoms with van der Waals surface area (Å²) < 4.78 is 6.61. The minimum Gasteiger partial charge on any atom is -0.492 e. The molecular formula is C14H13IN4O. The fraction of sp³-hybridized carbons (Fsp3) is 0.143. The number of anilines is 1. The van der Waals surface area contributed by atoms with Crippen LogP contribution in [0.4, 0.5) is 5.69 Å². The molecule has 3 rings (SSSR count). The van der Waals surface area contributed by atoms with Gasteiger partial charge in [-0.15, -0.1) is 10.2 Å². The molecule has 3 aromatic rings. The van der Waals surface area contributed by atoms with Crippen LogP contribution in [0.5, 0.6) is 5.75 Å². The highest BCUT2D eigenvalue weighted by atomic mass is 127. The van der Waals surface area contributed by atoms with Gasteiger partial charge in [-0.05, 0) is 53.8 Å². The molecule has 102 valence electrons. The van der Waals surface area contributed by atoms with Crippen LogP contribution in [0.3, 0.4) is 0 Å². The molecule has 0 aliphatic heterocycles. The molecule has 0 aliphatic rings. The van der Waals surface area contributed by atoms with Gasteiger partial charge in [-0.3, -0.25) is 0 Å². The Labute approximate surface area is 129 Å². The maximum Gasteiger partial charge on any atom is 0.144 e. The fourth-order valence-electron chi connectivity index (χ4n) is 1.96. The van der Waals surface area contributed by atoms with Crippen molar-refractivity contribution in [2.24, 2.45) is 0 Å². The molecule has 0 fully saturated rings. The lowest BCUT2D eigenvalue weighted by Crippen LogP contribution is -1.98. The van der Waals surface area contributed by atoms with E-state index < -0.39 is 0 Å². The number of halogens is 1. The highest BCUT2D eigenvalue weighted by Gasteiger charge is 2.09. The number of hydrogen-bond donors (Lipinski definition) is 1. The van der Waals surface area contributed by atoms with Crippen LogP contribution in [0.1, 0.15) is 6.92 Å². The Balaban J connectivity index is 2.11. The summed E-state index contributed by atoms with van der Waals surface area (Å²) in [6.07, 6.45) is 0. The second-order valence-electron chi connectivity index (χ2n) is 4.28. The molecule has 6 heteroatoms. The summed E-state index contributed by atoms with van der Waals surface area (Å²) in [7, 11) is 0. The van der Waals surface area contributed by atoms with Gasteiger partial charge in [-0.1, -0.05) is 6.07 Å². The minimum absolute atomic E-state index is 0.570. The van der Waals surface area contributed by atoms with E-state index >= 15 is 0 Å². The Morgan fingerprint density at radius 1 is 1.20 bits per heavy atom. The van der Waals surface area contributed by atoms with Crippen LogP contribution in [-0.2, 0) is 0 Å². The molecular weight excluding hydrogens is 367 g/mol. The summed E-state index contributed by atoms with van der Waals surface area (Å²) in [6, 6.07) is 11.6. The molecule has 0 bridgehead atoms. The summed E-state index contributed by atoms with van der Waals surface area (Å²) in [6.45, 7) is 2.49. The van der Waals surface area contributed by atoms with E-state index in [9.17, 15) is 0 Å². The maximum absolute atomic E-state index is 5.94. The van der Waals surface area contributed by atoms with Crippen LogP contribution in [0.25, 0.3) is 16.7 Å². The summed E-state index contributed by atoms with van der Waals surface area (Å²) in [5.41, 5.74) is 8.96. The lowest BCUT2D eigenvalue weighted by molar-refractivity contribution is 0.342. The third kappa shape index (κ3) is 2.43. The summed E-state index contributed by atoms with van der Waals surface area (Å²) in [5.74, 6) is 0.648. The third-order valence-electron chi connectivity index (χ3n) is 2.85. The average molecular weight is 380 g/mol. The van der Waals surface area contributed by atoms with E-state index in [1.165, 1.54) is 0 Å². The average Bonchev–Trinajstić information content (AvgIpc) is 2.82. The van der Waals surface area contributed by atoms with Gasteiger partial charge < -0.3 is 10.5 Å². The van der Waals surface area contributed by atoms with Crippen molar-refractivity contribution >= 4 is 39.3 Å². The SMILES string of the molecule is CCOc1cc2nn(-c3cccc(I)c3)nc2cc1N. The number of fused-ring (bicyclic) bond motifs is 1. The first-order valence-electron chi connectivity index (χ1n) is 6.22. The van der Waals surface area contributed by atoms with Gasteiger partial charge in [0.1, 0.15) is 16.8 Å². The molecule has 2 N–H and O–H groups in total. The highest BCUT2D eigenvalue weighted by Crippen LogP contribution is 2.26. The molecule has 5 nitrogen and oxygen atoms in total. The molecule has 0 spiro atoms. The smallest absolute Gasteiger partial charge is 0.144 e. The quantitative estimate of drug-likeness (QED) is 0.561. The zero-order valence-corrected chi connectivity index (χ0v) is 13.0. The molecule has 0 aliphatic carbocycles. The molecule has 0 atom stereocenters. The maximum atomic E-state index is 5.94. The van der Waals surface area contributed by atoms with Crippen molar-refractivity contribution in [3.05, 3.63) is 40.0 Å². The standard InChI is InChI=1S/C14H13IN4O/c1-2-20-14-8-13-12(7-11(14)16)17-19(18-13)10-5-3-4-9(15)6-10/h3-8H,2,16H2,1H3. The van der Waals surface area contributed by atoms with Gasteiger partial charge >= 0.3 is 0 Å². The summed E-state index contributed by atoms with van der Waals surface area (Å²) >= 11 is 2.26. The number of nitrogens with zero attached hydrogens (tertiary/aromatic N) is 3. The number of aromatic nitrogens is 3. The highest BCUT2D eigenvalue weighted by molar-refractivity contribution is 14.1. The van der Waals surface area contributed by atoms with Crippen molar-refractivity contribution in [3.8, 4) is 11.4 Å². The Morgan fingerprint density at radius 2 is 1.95 bits per heavy atom. The van der Waals surface area contributed by atoms with Crippen molar-refractivity contribution in [2.45, 2.75) is 6.92 Å². The second-order valence-corrected chi connectivity index (χ2v) is 5.53. The normalized spacial score (nSPS) is 10.9. The van der Waals surface area contributed by atoms with E-state index in [-0.39, 0.29) is 0 Å². The van der Waals surface area contributed by atoms with Crippen LogP contribution in [0, 0.1) is 3.57 Å². The molecule has 1 heterocycles. The van der Waals surface area contributed by atoms with Crippen molar-refractivity contribution < 1.29 is 4.74 Å². The molecule has 20 heavy (non-hydrogen) atoms. The van der Waals surface area contributed by atoms with Crippen LogP contribution in [0.2, 0.25) is 0 Å². The Bertz CT molecular complexity index is 769. The lowest BCUT2D eigenvalue weighted by atomic mass is 10.2. The topological polar surface area (TPSA) is 66.0 Å². The molecule has 0 unspecified atom stereocenters. The third-order valence-corrected chi connectivity index (χ3v) is 3.52. The van der Waals surface area contributed by atoms with E-state index in [1.807, 2.05) is 37.3 Å². The van der Waals surface area contributed by atoms with Crippen LogP contribution in [0.15, 0.2) is 36.4 Å². The van der Waals surface area contributed by atoms with Crippen molar-refractivity contribution in [2.75, 3.05) is 12.3 Å². The number of benzene rings is 2. The Kier molecular flexibility index (Phi) is 3.47. The monoisotopic (exact) mass is 380 g/mol. The summed E-state index contributed by atoms with van der Waals surface area (Å²) in [5, 5.41) is 8.93. The lowest BCUT2D eigenvalue weighted by Gasteiger charge is -2.04. The first kappa shape index (κ1) is 13.2. The van der Waals surface area contributed by atoms with Crippen molar-refractivity contribution in [1.29, 1.82) is 0 Å². The molecule has 0 radical (unpaired) electrons. The van der Waals surface area contributed by atoms with Crippen LogP contribution >= 0.6 is 22.6 Å². The minimum atomic E-state index is 0.570. The molecule has 1 aromatic heterocycles. The van der Waals surface area contributed by atoms with Crippen molar-refractivity contribution in [1.82, 2.24) is 15.0 Å². The second kappa shape index (κ2) is 5.28. The van der Waals surface area contributed by atoms with Gasteiger partial charge in [0.25, 0.3) is 0 Å². The van der Waals surface area contributed by atoms with Gasteiger partial charge in [0.2, 0.25) is 0 Å². The van der Waals surface area contributed by atoms with Gasteiger partial charge in [0.05, 0.1) is 18.0 Å². The largest absolute Gasteiger partial charge is 0.492 e. The van der Waals surface area contributed by atoms with Gasteiger partial charge in [0, 0.05) is 9.64 Å². The van der Waals surface area contributed by atoms with Gasteiger partial charge in [0.15, 0.2) is 0 Å². The zero-order chi connectivity index (χ0) is 14.1. The first-order chi connectivity index (χ1) is 9.67. The Hall–Kier alpha value is -1.83. The number of nitrogens with two attached hydrogens (primary N) is 1. The molecule has 0 saturated heterocycles. The fourth-order valence-corrected chi connectivity index (χ4v) is 2.48. The predicted molar refractivity (Wildman–Crippen MR) is 87.2 cm³/mol. The molecule has 0 saturated carbocycles. The number of ether oxygens (including phenoxy) is 1. The van der Waals surface area contributed by atoms with E-state index in [0.717, 1.165) is 20.3 Å². The number of rotatable bonds is 3. The first-order valence-corrected chi connectivity index (χ1v) is 7.30. The van der Waals surface area contributed by atoms with E-state index in [4.69, 9.17) is 10.5 Å². The zero-order valence-electron chi connectivity index (χ0n) is 10.9. The predicted octanol–water partition coefficient (Wildman–Crippen LogP) is 3.01. The van der Waals surface area contributed by atoms with E-state index in [1.54, 1.807) is 10.9 Å². The van der Waals surface area contributed by atoms with E-state index in [2.05, 4.69) is 32.8 Å². The van der Waals surface area contributed by atoms with Gasteiger partial charge in [-0.2, -0.15) is 4.80 Å².